The van der Waals surface area contributed by atoms with Crippen LogP contribution in [0.2, 0.25) is 0 Å². The van der Waals surface area contributed by atoms with Gasteiger partial charge in [-0.25, -0.2) is 0 Å². The van der Waals surface area contributed by atoms with Gasteiger partial charge >= 0.3 is 197 Å². The van der Waals surface area contributed by atoms with E-state index in [9.17, 15) is 13.2 Å². The second kappa shape index (κ2) is 9.17. The number of alkyl halides is 3. The first-order valence-corrected chi connectivity index (χ1v) is 13.9. The molecule has 168 valence electrons. The second-order valence-electron chi connectivity index (χ2n) is 7.89. The Bertz CT molecular complexity index is 1120. The van der Waals surface area contributed by atoms with Crippen molar-refractivity contribution in [2.24, 2.45) is 0 Å². The van der Waals surface area contributed by atoms with Gasteiger partial charge in [0.15, 0.2) is 0 Å². The van der Waals surface area contributed by atoms with Crippen LogP contribution in [0, 0.1) is 0 Å². The number of allylic oxidation sites excluding steroid dienone is 1. The standard InChI is InChI=1S/C28H23ClF3P/c29-33(25-12-4-1-5-13-25,26-14-6-2-7-15-26,27-16-8-3-9-17-27)22-10-11-23-18-20-24(21-19-23)28(30,31)32/h1-21H,22H2/b11-10+. The molecule has 4 aromatic rings. The number of benzene rings is 4. The van der Waals surface area contributed by atoms with E-state index in [0.29, 0.717) is 11.7 Å². The third-order valence-electron chi connectivity index (χ3n) is 5.88. The SMILES string of the molecule is FC(F)(F)c1ccc(/C=C/CP(Cl)(c2ccccc2)(c2ccccc2)c2ccccc2)cc1. The van der Waals surface area contributed by atoms with Crippen molar-refractivity contribution in [3.63, 3.8) is 0 Å². The Hall–Kier alpha value is -2.87. The molecule has 0 aliphatic heterocycles. The topological polar surface area (TPSA) is 0 Å². The van der Waals surface area contributed by atoms with E-state index in [4.69, 9.17) is 11.2 Å². The molecule has 0 amide bonds. The van der Waals surface area contributed by atoms with Crippen LogP contribution in [-0.4, -0.2) is 6.16 Å². The van der Waals surface area contributed by atoms with Crippen molar-refractivity contribution < 1.29 is 13.2 Å². The van der Waals surface area contributed by atoms with Crippen LogP contribution in [0.15, 0.2) is 121 Å². The fourth-order valence-corrected chi connectivity index (χ4v) is 9.81. The van der Waals surface area contributed by atoms with Gasteiger partial charge in [-0.1, -0.05) is 0 Å². The van der Waals surface area contributed by atoms with E-state index in [-0.39, 0.29) is 0 Å². The quantitative estimate of drug-likeness (QED) is 0.251. The van der Waals surface area contributed by atoms with Crippen molar-refractivity contribution in [2.45, 2.75) is 6.18 Å². The monoisotopic (exact) mass is 482 g/mol. The van der Waals surface area contributed by atoms with Gasteiger partial charge in [-0.2, -0.15) is 0 Å². The van der Waals surface area contributed by atoms with Crippen LogP contribution < -0.4 is 15.9 Å². The predicted molar refractivity (Wildman–Crippen MR) is 136 cm³/mol. The van der Waals surface area contributed by atoms with Crippen molar-refractivity contribution in [2.75, 3.05) is 6.16 Å². The van der Waals surface area contributed by atoms with Crippen LogP contribution in [0.1, 0.15) is 11.1 Å². The molecule has 0 bridgehead atoms. The molecule has 5 heteroatoms. The Morgan fingerprint density at radius 3 is 1.36 bits per heavy atom. The summed E-state index contributed by atoms with van der Waals surface area (Å²) in [6.45, 7) is 0. The number of rotatable bonds is 6. The van der Waals surface area contributed by atoms with Crippen LogP contribution in [0.4, 0.5) is 13.2 Å². The first-order chi connectivity index (χ1) is 15.8. The van der Waals surface area contributed by atoms with Crippen molar-refractivity contribution >= 4 is 39.2 Å². The molecule has 0 aliphatic carbocycles. The minimum atomic E-state index is -4.35. The Kier molecular flexibility index (Phi) is 6.47. The van der Waals surface area contributed by atoms with Gasteiger partial charge in [-0.3, -0.25) is 0 Å². The molecule has 0 spiro atoms. The second-order valence-corrected chi connectivity index (χ2v) is 14.4. The molecular formula is C28H23ClF3P. The number of hydrogen-bond donors (Lipinski definition) is 0. The van der Waals surface area contributed by atoms with E-state index in [2.05, 4.69) is 36.4 Å². The maximum absolute atomic E-state index is 12.9. The summed E-state index contributed by atoms with van der Waals surface area (Å²) in [5, 5.41) is 3.12. The Morgan fingerprint density at radius 2 is 1.00 bits per heavy atom. The van der Waals surface area contributed by atoms with Crippen LogP contribution in [0.3, 0.4) is 0 Å². The third-order valence-corrected chi connectivity index (χ3v) is 13.1. The third kappa shape index (κ3) is 4.49. The number of halogens is 4. The molecule has 0 aromatic heterocycles. The Labute approximate surface area is 197 Å². The minimum absolute atomic E-state index is 0.520. The van der Waals surface area contributed by atoms with E-state index < -0.39 is 17.7 Å². The molecule has 4 rings (SSSR count). The van der Waals surface area contributed by atoms with E-state index in [1.54, 1.807) is 0 Å². The van der Waals surface area contributed by atoms with Crippen LogP contribution in [-0.2, 0) is 6.18 Å². The normalized spacial score (nSPS) is 13.5. The van der Waals surface area contributed by atoms with Crippen molar-refractivity contribution in [1.29, 1.82) is 0 Å². The fraction of sp³-hybridized carbons (Fsp3) is 0.0714. The summed E-state index contributed by atoms with van der Waals surface area (Å²) in [6, 6.07) is 35.4. The van der Waals surface area contributed by atoms with E-state index in [0.717, 1.165) is 28.0 Å². The van der Waals surface area contributed by atoms with Gasteiger partial charge in [0.1, 0.15) is 0 Å². The van der Waals surface area contributed by atoms with Crippen LogP contribution in [0.25, 0.3) is 6.08 Å². The predicted octanol–water partition coefficient (Wildman–Crippen LogP) is 7.40. The molecule has 0 radical (unpaired) electrons. The summed E-state index contributed by atoms with van der Waals surface area (Å²) in [5.74, 6) is -3.43. The van der Waals surface area contributed by atoms with E-state index in [1.165, 1.54) is 12.1 Å². The summed E-state index contributed by atoms with van der Waals surface area (Å²) in [7, 11) is 0. The van der Waals surface area contributed by atoms with Gasteiger partial charge in [0.25, 0.3) is 0 Å². The maximum atomic E-state index is 12.9. The fourth-order valence-electron chi connectivity index (χ4n) is 4.15. The average molecular weight is 483 g/mol. The zero-order chi connectivity index (χ0) is 23.4. The number of hydrogen-bond acceptors (Lipinski definition) is 0. The van der Waals surface area contributed by atoms with E-state index >= 15 is 0 Å². The molecule has 0 aliphatic rings. The summed E-state index contributed by atoms with van der Waals surface area (Å²) in [5.41, 5.74) is 0.0355. The molecule has 0 N–H and O–H groups in total. The van der Waals surface area contributed by atoms with Gasteiger partial charge in [0.2, 0.25) is 0 Å². The Balaban J connectivity index is 1.84. The zero-order valence-electron chi connectivity index (χ0n) is 17.8. The molecule has 0 nitrogen and oxygen atoms in total. The van der Waals surface area contributed by atoms with Crippen molar-refractivity contribution in [1.82, 2.24) is 0 Å². The summed E-state index contributed by atoms with van der Waals surface area (Å²) >= 11 is 7.96. The first kappa shape index (κ1) is 23.3. The molecule has 0 unspecified atom stereocenters. The molecule has 0 fully saturated rings. The van der Waals surface area contributed by atoms with Gasteiger partial charge in [-0.05, 0) is 0 Å². The molecule has 4 aromatic carbocycles. The van der Waals surface area contributed by atoms with Gasteiger partial charge < -0.3 is 0 Å². The summed E-state index contributed by atoms with van der Waals surface area (Å²) < 4.78 is 38.7. The van der Waals surface area contributed by atoms with Gasteiger partial charge in [0, 0.05) is 0 Å². The summed E-state index contributed by atoms with van der Waals surface area (Å²) in [4.78, 5) is 0. The van der Waals surface area contributed by atoms with Crippen LogP contribution in [0.5, 0.6) is 0 Å². The van der Waals surface area contributed by atoms with Crippen molar-refractivity contribution in [3.8, 4) is 0 Å². The molecule has 0 saturated heterocycles. The molecular weight excluding hydrogens is 460 g/mol. The molecule has 0 saturated carbocycles. The average Bonchev–Trinajstić information content (AvgIpc) is 2.85. The van der Waals surface area contributed by atoms with Crippen molar-refractivity contribution in [3.05, 3.63) is 132 Å². The first-order valence-electron chi connectivity index (χ1n) is 10.6. The van der Waals surface area contributed by atoms with Crippen LogP contribution >= 0.6 is 17.2 Å². The van der Waals surface area contributed by atoms with Gasteiger partial charge in [-0.15, -0.1) is 0 Å². The molecule has 33 heavy (non-hydrogen) atoms. The Morgan fingerprint density at radius 1 is 0.606 bits per heavy atom. The molecule has 0 heterocycles. The molecule has 0 atom stereocenters. The summed E-state index contributed by atoms with van der Waals surface area (Å²) in [6.07, 6.45) is 0.00338. The van der Waals surface area contributed by atoms with Gasteiger partial charge in [0.05, 0.1) is 0 Å². The zero-order valence-corrected chi connectivity index (χ0v) is 19.4. The van der Waals surface area contributed by atoms with E-state index in [1.807, 2.05) is 66.7 Å².